The first-order valence-electron chi connectivity index (χ1n) is 7.94. The highest BCUT2D eigenvalue weighted by atomic mass is 31.2. The van der Waals surface area contributed by atoms with E-state index in [2.05, 4.69) is 13.8 Å². The fourth-order valence-electron chi connectivity index (χ4n) is 2.20. The Kier molecular flexibility index (Phi) is 7.99. The van der Waals surface area contributed by atoms with Crippen LogP contribution in [0.3, 0.4) is 0 Å². The van der Waals surface area contributed by atoms with Gasteiger partial charge in [0.25, 0.3) is 0 Å². The maximum Gasteiger partial charge on any atom is 0.247 e. The first-order valence-corrected chi connectivity index (χ1v) is 9.93. The Labute approximate surface area is 124 Å². The molecule has 1 aromatic carbocycles. The smallest absolute Gasteiger partial charge is 0.247 e. The van der Waals surface area contributed by atoms with Crippen molar-refractivity contribution in [2.45, 2.75) is 59.3 Å². The number of hydrogen-bond acceptors (Lipinski definition) is 2. The van der Waals surface area contributed by atoms with Gasteiger partial charge in [-0.2, -0.15) is 0 Å². The fraction of sp³-hybridized carbons (Fsp3) is 0.647. The van der Waals surface area contributed by atoms with Crippen molar-refractivity contribution in [3.8, 4) is 5.75 Å². The van der Waals surface area contributed by atoms with Crippen LogP contribution in [0.2, 0.25) is 0 Å². The molecular weight excluding hydrogens is 267 g/mol. The normalized spacial score (nSPS) is 11.6. The van der Waals surface area contributed by atoms with Crippen molar-refractivity contribution >= 4 is 7.37 Å². The molecule has 0 N–H and O–H groups in total. The van der Waals surface area contributed by atoms with Crippen molar-refractivity contribution in [3.05, 3.63) is 29.8 Å². The Morgan fingerprint density at radius 1 is 0.900 bits per heavy atom. The summed E-state index contributed by atoms with van der Waals surface area (Å²) >= 11 is 0. The summed E-state index contributed by atoms with van der Waals surface area (Å²) in [6, 6.07) is 7.89. The van der Waals surface area contributed by atoms with Gasteiger partial charge in [0.2, 0.25) is 7.37 Å². The van der Waals surface area contributed by atoms with Crippen molar-refractivity contribution in [3.63, 3.8) is 0 Å². The van der Waals surface area contributed by atoms with Gasteiger partial charge < -0.3 is 4.52 Å². The van der Waals surface area contributed by atoms with Crippen LogP contribution in [-0.2, 0) is 4.57 Å². The number of benzene rings is 1. The predicted octanol–water partition coefficient (Wildman–Crippen LogP) is 6.03. The Morgan fingerprint density at radius 2 is 1.40 bits per heavy atom. The maximum absolute atomic E-state index is 13.0. The highest BCUT2D eigenvalue weighted by Gasteiger charge is 2.23. The Balaban J connectivity index is 2.64. The zero-order valence-electron chi connectivity index (χ0n) is 13.2. The van der Waals surface area contributed by atoms with Crippen LogP contribution in [0.5, 0.6) is 5.75 Å². The minimum atomic E-state index is -2.52. The first kappa shape index (κ1) is 17.3. The van der Waals surface area contributed by atoms with Gasteiger partial charge >= 0.3 is 0 Å². The number of aryl methyl sites for hydroxylation is 1. The van der Waals surface area contributed by atoms with Gasteiger partial charge in [-0.15, -0.1) is 0 Å². The lowest BCUT2D eigenvalue weighted by atomic mass is 10.2. The van der Waals surface area contributed by atoms with Crippen LogP contribution >= 0.6 is 7.37 Å². The third kappa shape index (κ3) is 6.61. The highest BCUT2D eigenvalue weighted by Crippen LogP contribution is 2.48. The van der Waals surface area contributed by atoms with E-state index in [1.807, 2.05) is 31.2 Å². The van der Waals surface area contributed by atoms with Gasteiger partial charge in [-0.25, -0.2) is 0 Å². The molecule has 2 nitrogen and oxygen atoms in total. The third-order valence-corrected chi connectivity index (χ3v) is 6.04. The number of rotatable bonds is 10. The van der Waals surface area contributed by atoms with E-state index in [0.29, 0.717) is 0 Å². The molecular formula is C17H29O2P. The summed E-state index contributed by atoms with van der Waals surface area (Å²) in [7, 11) is -2.52. The average molecular weight is 296 g/mol. The number of hydrogen-bond donors (Lipinski definition) is 0. The Morgan fingerprint density at radius 3 is 1.85 bits per heavy atom. The molecule has 20 heavy (non-hydrogen) atoms. The zero-order chi connectivity index (χ0) is 14.8. The van der Waals surface area contributed by atoms with Gasteiger partial charge in [0, 0.05) is 12.3 Å². The second kappa shape index (κ2) is 9.23. The van der Waals surface area contributed by atoms with Gasteiger partial charge in [-0.05, 0) is 31.9 Å². The van der Waals surface area contributed by atoms with Gasteiger partial charge in [0.15, 0.2) is 0 Å². The molecule has 1 rings (SSSR count). The molecule has 0 radical (unpaired) electrons. The van der Waals surface area contributed by atoms with Crippen LogP contribution in [0, 0.1) is 6.92 Å². The molecule has 114 valence electrons. The summed E-state index contributed by atoms with van der Waals surface area (Å²) in [5.74, 6) is 0.756. The van der Waals surface area contributed by atoms with Crippen LogP contribution < -0.4 is 4.52 Å². The van der Waals surface area contributed by atoms with E-state index in [4.69, 9.17) is 4.52 Å². The lowest BCUT2D eigenvalue weighted by Gasteiger charge is -2.20. The lowest BCUT2D eigenvalue weighted by molar-refractivity contribution is 0.475. The van der Waals surface area contributed by atoms with E-state index < -0.39 is 7.37 Å². The molecule has 0 saturated heterocycles. The van der Waals surface area contributed by atoms with E-state index in [1.165, 1.54) is 5.56 Å². The van der Waals surface area contributed by atoms with E-state index in [0.717, 1.165) is 56.6 Å². The summed E-state index contributed by atoms with van der Waals surface area (Å²) in [5.41, 5.74) is 1.20. The molecule has 0 saturated carbocycles. The van der Waals surface area contributed by atoms with E-state index in [9.17, 15) is 4.57 Å². The third-order valence-electron chi connectivity index (χ3n) is 3.50. The molecule has 0 bridgehead atoms. The van der Waals surface area contributed by atoms with E-state index >= 15 is 0 Å². The minimum Gasteiger partial charge on any atom is -0.443 e. The molecule has 0 spiro atoms. The molecule has 0 amide bonds. The molecule has 0 fully saturated rings. The molecule has 0 aliphatic carbocycles. The monoisotopic (exact) mass is 296 g/mol. The van der Waals surface area contributed by atoms with Gasteiger partial charge in [0.05, 0.1) is 0 Å². The lowest BCUT2D eigenvalue weighted by Crippen LogP contribution is -2.03. The molecule has 0 unspecified atom stereocenters. The number of unbranched alkanes of at least 4 members (excludes halogenated alkanes) is 4. The van der Waals surface area contributed by atoms with Crippen LogP contribution in [0.25, 0.3) is 0 Å². The van der Waals surface area contributed by atoms with Crippen molar-refractivity contribution in [1.82, 2.24) is 0 Å². The van der Waals surface area contributed by atoms with Crippen LogP contribution in [0.15, 0.2) is 24.3 Å². The Bertz CT molecular complexity index is 398. The zero-order valence-corrected chi connectivity index (χ0v) is 14.1. The topological polar surface area (TPSA) is 26.3 Å². The molecule has 0 aliphatic rings. The summed E-state index contributed by atoms with van der Waals surface area (Å²) < 4.78 is 18.9. The second-order valence-electron chi connectivity index (χ2n) is 5.58. The van der Waals surface area contributed by atoms with Crippen LogP contribution in [-0.4, -0.2) is 12.3 Å². The van der Waals surface area contributed by atoms with Crippen LogP contribution in [0.1, 0.15) is 57.9 Å². The highest BCUT2D eigenvalue weighted by molar-refractivity contribution is 7.59. The minimum absolute atomic E-state index is 0.721. The SMILES string of the molecule is CCCCCP(=O)(CCCCC)Oc1ccc(C)cc1. The molecule has 3 heteroatoms. The molecule has 0 atom stereocenters. The van der Waals surface area contributed by atoms with Crippen molar-refractivity contribution in [2.24, 2.45) is 0 Å². The van der Waals surface area contributed by atoms with E-state index in [-0.39, 0.29) is 0 Å². The standard InChI is InChI=1S/C17H29O2P/c1-4-6-8-14-20(18,15-9-7-5-2)19-17-12-10-16(3)11-13-17/h10-13H,4-9,14-15H2,1-3H3. The van der Waals surface area contributed by atoms with Crippen LogP contribution in [0.4, 0.5) is 0 Å². The fourth-order valence-corrected chi connectivity index (χ4v) is 4.52. The van der Waals surface area contributed by atoms with Crippen molar-refractivity contribution in [2.75, 3.05) is 12.3 Å². The summed E-state index contributed by atoms with van der Waals surface area (Å²) in [6.07, 6.45) is 8.03. The van der Waals surface area contributed by atoms with Gasteiger partial charge in [-0.3, -0.25) is 4.57 Å². The van der Waals surface area contributed by atoms with Gasteiger partial charge in [-0.1, -0.05) is 57.2 Å². The Hall–Kier alpha value is -0.750. The quantitative estimate of drug-likeness (QED) is 0.389. The largest absolute Gasteiger partial charge is 0.443 e. The van der Waals surface area contributed by atoms with E-state index in [1.54, 1.807) is 0 Å². The molecule has 0 aromatic heterocycles. The molecule has 0 heterocycles. The summed E-state index contributed by atoms with van der Waals surface area (Å²) in [6.45, 7) is 6.39. The molecule has 0 aliphatic heterocycles. The van der Waals surface area contributed by atoms with Gasteiger partial charge in [0.1, 0.15) is 5.75 Å². The average Bonchev–Trinajstić information content (AvgIpc) is 2.42. The summed E-state index contributed by atoms with van der Waals surface area (Å²) in [5, 5.41) is 0. The maximum atomic E-state index is 13.0. The van der Waals surface area contributed by atoms with Crippen molar-refractivity contribution < 1.29 is 9.09 Å². The second-order valence-corrected chi connectivity index (χ2v) is 8.29. The van der Waals surface area contributed by atoms with Crippen molar-refractivity contribution in [1.29, 1.82) is 0 Å². The summed E-state index contributed by atoms with van der Waals surface area (Å²) in [4.78, 5) is 0. The molecule has 1 aromatic rings. The predicted molar refractivity (Wildman–Crippen MR) is 88.2 cm³/mol. The first-order chi connectivity index (χ1) is 9.59.